The fourth-order valence-corrected chi connectivity index (χ4v) is 2.57. The fraction of sp³-hybridized carbons (Fsp3) is 0.357. The number of piperidine rings is 1. The maximum atomic E-state index is 8.77. The van der Waals surface area contributed by atoms with Gasteiger partial charge in [0, 0.05) is 31.4 Å². The number of H-pyrrole nitrogens is 1. The lowest BCUT2D eigenvalue weighted by atomic mass is 9.97. The van der Waals surface area contributed by atoms with Crippen molar-refractivity contribution in [2.75, 3.05) is 18.0 Å². The van der Waals surface area contributed by atoms with Crippen LogP contribution in [-0.4, -0.2) is 28.0 Å². The van der Waals surface area contributed by atoms with Gasteiger partial charge in [-0.15, -0.1) is 0 Å². The number of anilines is 1. The standard InChI is InChI=1S/C14H15N5/c15-8-12-3-4-13(9-18-12)19-7-1-2-11(10-19)14-16-5-6-17-14/h3-6,9,11H,1-2,7,10H2,(H,16,17). The molecule has 1 fully saturated rings. The molecule has 1 unspecified atom stereocenters. The van der Waals surface area contributed by atoms with Crippen LogP contribution in [-0.2, 0) is 0 Å². The molecule has 2 aromatic heterocycles. The smallest absolute Gasteiger partial charge is 0.140 e. The van der Waals surface area contributed by atoms with Gasteiger partial charge in [-0.25, -0.2) is 9.97 Å². The molecule has 5 nitrogen and oxygen atoms in total. The van der Waals surface area contributed by atoms with Gasteiger partial charge in [0.1, 0.15) is 17.6 Å². The Morgan fingerprint density at radius 1 is 1.37 bits per heavy atom. The second-order valence-electron chi connectivity index (χ2n) is 4.77. The van der Waals surface area contributed by atoms with Crippen LogP contribution in [0.25, 0.3) is 0 Å². The molecule has 3 rings (SSSR count). The van der Waals surface area contributed by atoms with Gasteiger partial charge in [0.05, 0.1) is 11.9 Å². The number of nitrogens with zero attached hydrogens (tertiary/aromatic N) is 4. The molecule has 2 aromatic rings. The van der Waals surface area contributed by atoms with Crippen molar-refractivity contribution in [1.29, 1.82) is 5.26 Å². The fourth-order valence-electron chi connectivity index (χ4n) is 2.57. The summed E-state index contributed by atoms with van der Waals surface area (Å²) in [7, 11) is 0. The lowest BCUT2D eigenvalue weighted by molar-refractivity contribution is 0.494. The van der Waals surface area contributed by atoms with Crippen LogP contribution in [0.3, 0.4) is 0 Å². The Balaban J connectivity index is 1.76. The predicted octanol–water partition coefficient (Wildman–Crippen LogP) is 2.06. The molecule has 0 bridgehead atoms. The van der Waals surface area contributed by atoms with Crippen LogP contribution in [0.1, 0.15) is 30.3 Å². The molecule has 1 aliphatic heterocycles. The largest absolute Gasteiger partial charge is 0.370 e. The van der Waals surface area contributed by atoms with Gasteiger partial charge in [-0.05, 0) is 25.0 Å². The van der Waals surface area contributed by atoms with Gasteiger partial charge in [-0.2, -0.15) is 5.26 Å². The monoisotopic (exact) mass is 253 g/mol. The van der Waals surface area contributed by atoms with E-state index in [1.807, 2.05) is 18.3 Å². The molecule has 1 saturated heterocycles. The average molecular weight is 253 g/mol. The molecule has 96 valence electrons. The number of hydrogen-bond acceptors (Lipinski definition) is 4. The second-order valence-corrected chi connectivity index (χ2v) is 4.77. The van der Waals surface area contributed by atoms with Gasteiger partial charge < -0.3 is 9.88 Å². The highest BCUT2D eigenvalue weighted by atomic mass is 15.1. The number of aromatic amines is 1. The first kappa shape index (κ1) is 11.7. The van der Waals surface area contributed by atoms with Crippen LogP contribution < -0.4 is 4.90 Å². The zero-order chi connectivity index (χ0) is 13.1. The third-order valence-corrected chi connectivity index (χ3v) is 3.56. The highest BCUT2D eigenvalue weighted by Gasteiger charge is 2.23. The van der Waals surface area contributed by atoms with Crippen LogP contribution in [0, 0.1) is 11.3 Å². The number of pyridine rings is 1. The lowest BCUT2D eigenvalue weighted by Gasteiger charge is -2.33. The van der Waals surface area contributed by atoms with Crippen molar-refractivity contribution >= 4 is 5.69 Å². The van der Waals surface area contributed by atoms with Crippen molar-refractivity contribution in [3.05, 3.63) is 42.2 Å². The number of aromatic nitrogens is 3. The van der Waals surface area contributed by atoms with Crippen LogP contribution in [0.4, 0.5) is 5.69 Å². The molecule has 3 heterocycles. The SMILES string of the molecule is N#Cc1ccc(N2CCCC(c3ncc[nH]3)C2)cn1. The van der Waals surface area contributed by atoms with Crippen molar-refractivity contribution in [2.45, 2.75) is 18.8 Å². The van der Waals surface area contributed by atoms with Crippen LogP contribution in [0.5, 0.6) is 0 Å². The molecule has 0 spiro atoms. The van der Waals surface area contributed by atoms with E-state index >= 15 is 0 Å². The van der Waals surface area contributed by atoms with E-state index < -0.39 is 0 Å². The van der Waals surface area contributed by atoms with Gasteiger partial charge in [0.2, 0.25) is 0 Å². The summed E-state index contributed by atoms with van der Waals surface area (Å²) in [6.45, 7) is 1.98. The Morgan fingerprint density at radius 3 is 3.00 bits per heavy atom. The first-order valence-electron chi connectivity index (χ1n) is 6.47. The van der Waals surface area contributed by atoms with Crippen molar-refractivity contribution in [1.82, 2.24) is 15.0 Å². The molecule has 1 N–H and O–H groups in total. The molecule has 5 heteroatoms. The maximum Gasteiger partial charge on any atom is 0.140 e. The van der Waals surface area contributed by atoms with Gasteiger partial charge >= 0.3 is 0 Å². The number of nitrogens with one attached hydrogen (secondary N) is 1. The third-order valence-electron chi connectivity index (χ3n) is 3.56. The molecule has 0 saturated carbocycles. The van der Waals surface area contributed by atoms with Crippen molar-refractivity contribution < 1.29 is 0 Å². The minimum Gasteiger partial charge on any atom is -0.370 e. The molecular formula is C14H15N5. The van der Waals surface area contributed by atoms with Gasteiger partial charge in [-0.1, -0.05) is 0 Å². The zero-order valence-corrected chi connectivity index (χ0v) is 10.6. The van der Waals surface area contributed by atoms with E-state index in [9.17, 15) is 0 Å². The normalized spacial score (nSPS) is 19.1. The number of imidazole rings is 1. The lowest BCUT2D eigenvalue weighted by Crippen LogP contribution is -2.34. The molecule has 0 aromatic carbocycles. The summed E-state index contributed by atoms with van der Waals surface area (Å²) in [6.07, 6.45) is 7.76. The number of rotatable bonds is 2. The van der Waals surface area contributed by atoms with E-state index in [-0.39, 0.29) is 0 Å². The summed E-state index contributed by atoms with van der Waals surface area (Å²) in [5, 5.41) is 8.77. The second kappa shape index (κ2) is 5.11. The molecule has 0 radical (unpaired) electrons. The summed E-state index contributed by atoms with van der Waals surface area (Å²) in [5.41, 5.74) is 1.54. The Bertz CT molecular complexity index is 567. The highest BCUT2D eigenvalue weighted by molar-refractivity contribution is 5.46. The molecule has 1 aliphatic rings. The minimum absolute atomic E-state index is 0.444. The summed E-state index contributed by atoms with van der Waals surface area (Å²) < 4.78 is 0. The van der Waals surface area contributed by atoms with E-state index in [4.69, 9.17) is 5.26 Å². The predicted molar refractivity (Wildman–Crippen MR) is 71.7 cm³/mol. The first-order valence-corrected chi connectivity index (χ1v) is 6.47. The Morgan fingerprint density at radius 2 is 2.32 bits per heavy atom. The summed E-state index contributed by atoms with van der Waals surface area (Å²) in [6, 6.07) is 5.78. The van der Waals surface area contributed by atoms with Gasteiger partial charge in [-0.3, -0.25) is 0 Å². The van der Waals surface area contributed by atoms with Crippen molar-refractivity contribution in [2.24, 2.45) is 0 Å². The molecule has 0 aliphatic carbocycles. The van der Waals surface area contributed by atoms with E-state index in [0.29, 0.717) is 11.6 Å². The quantitative estimate of drug-likeness (QED) is 0.889. The van der Waals surface area contributed by atoms with Crippen LogP contribution in [0.15, 0.2) is 30.7 Å². The molecule has 0 amide bonds. The average Bonchev–Trinajstić information content (AvgIpc) is 3.02. The van der Waals surface area contributed by atoms with E-state index in [2.05, 4.69) is 19.9 Å². The number of nitriles is 1. The number of hydrogen-bond donors (Lipinski definition) is 1. The van der Waals surface area contributed by atoms with Crippen LogP contribution in [0.2, 0.25) is 0 Å². The summed E-state index contributed by atoms with van der Waals surface area (Å²) in [5.74, 6) is 1.51. The van der Waals surface area contributed by atoms with E-state index in [1.165, 1.54) is 0 Å². The topological polar surface area (TPSA) is 68.6 Å². The van der Waals surface area contributed by atoms with E-state index in [0.717, 1.165) is 37.4 Å². The Kier molecular flexibility index (Phi) is 3.15. The van der Waals surface area contributed by atoms with Crippen molar-refractivity contribution in [3.8, 4) is 6.07 Å². The molecule has 19 heavy (non-hydrogen) atoms. The summed E-state index contributed by atoms with van der Waals surface area (Å²) >= 11 is 0. The van der Waals surface area contributed by atoms with E-state index in [1.54, 1.807) is 18.5 Å². The summed E-state index contributed by atoms with van der Waals surface area (Å²) in [4.78, 5) is 14.0. The third kappa shape index (κ3) is 2.43. The van der Waals surface area contributed by atoms with Gasteiger partial charge in [0.15, 0.2) is 0 Å². The van der Waals surface area contributed by atoms with Crippen molar-refractivity contribution in [3.63, 3.8) is 0 Å². The Hall–Kier alpha value is -2.35. The highest BCUT2D eigenvalue weighted by Crippen LogP contribution is 2.27. The van der Waals surface area contributed by atoms with Gasteiger partial charge in [0.25, 0.3) is 0 Å². The minimum atomic E-state index is 0.444. The first-order chi connectivity index (χ1) is 9.36. The maximum absolute atomic E-state index is 8.77. The zero-order valence-electron chi connectivity index (χ0n) is 10.6. The Labute approximate surface area is 111 Å². The van der Waals surface area contributed by atoms with Crippen LogP contribution >= 0.6 is 0 Å². The molecular weight excluding hydrogens is 238 g/mol. The molecule has 1 atom stereocenters.